The standard InChI is InChI=1S/C16H12N2OS/c1-3-7-11(8-4-1)15-13-14(18-19-17-13)16(20-15)12-9-5-2-6-10-12/h1-10,15-16H/t15-,16+. The smallest absolute Gasteiger partial charge is 0.127 e. The molecule has 0 fully saturated rings. The Morgan fingerprint density at radius 2 is 1.15 bits per heavy atom. The van der Waals surface area contributed by atoms with E-state index in [0.29, 0.717) is 0 Å². The number of nitrogens with zero attached hydrogens (tertiary/aromatic N) is 2. The van der Waals surface area contributed by atoms with Gasteiger partial charge in [0.2, 0.25) is 0 Å². The summed E-state index contributed by atoms with van der Waals surface area (Å²) in [5.74, 6) is 0. The lowest BCUT2D eigenvalue weighted by atomic mass is 10.0. The number of aromatic nitrogens is 2. The number of rotatable bonds is 2. The van der Waals surface area contributed by atoms with E-state index < -0.39 is 0 Å². The highest BCUT2D eigenvalue weighted by atomic mass is 32.2. The van der Waals surface area contributed by atoms with Crippen molar-refractivity contribution in [3.05, 3.63) is 83.2 Å². The first kappa shape index (κ1) is 11.7. The molecular formula is C16H12N2OS. The second-order valence-corrected chi connectivity index (χ2v) is 5.97. The minimum absolute atomic E-state index is 0.197. The Hall–Kier alpha value is -2.07. The van der Waals surface area contributed by atoms with Gasteiger partial charge in [0.25, 0.3) is 0 Å². The van der Waals surface area contributed by atoms with Crippen LogP contribution >= 0.6 is 11.8 Å². The van der Waals surface area contributed by atoms with Crippen molar-refractivity contribution in [2.24, 2.45) is 0 Å². The van der Waals surface area contributed by atoms with Crippen LogP contribution in [0.15, 0.2) is 65.3 Å². The highest BCUT2D eigenvalue weighted by Gasteiger charge is 2.38. The summed E-state index contributed by atoms with van der Waals surface area (Å²) in [5.41, 5.74) is 4.39. The zero-order chi connectivity index (χ0) is 13.4. The Morgan fingerprint density at radius 3 is 1.60 bits per heavy atom. The van der Waals surface area contributed by atoms with Gasteiger partial charge in [0, 0.05) is 0 Å². The van der Waals surface area contributed by atoms with Crippen LogP contribution in [0.5, 0.6) is 0 Å². The van der Waals surface area contributed by atoms with E-state index in [1.54, 1.807) is 0 Å². The summed E-state index contributed by atoms with van der Waals surface area (Å²) in [6, 6.07) is 20.8. The van der Waals surface area contributed by atoms with Crippen LogP contribution in [0, 0.1) is 0 Å². The second kappa shape index (κ2) is 4.80. The van der Waals surface area contributed by atoms with Crippen LogP contribution in [-0.4, -0.2) is 10.3 Å². The molecule has 1 aliphatic rings. The van der Waals surface area contributed by atoms with Gasteiger partial charge in [-0.3, -0.25) is 0 Å². The highest BCUT2D eigenvalue weighted by Crippen LogP contribution is 2.54. The molecule has 2 heterocycles. The normalized spacial score (nSPS) is 20.8. The second-order valence-electron chi connectivity index (χ2n) is 4.75. The third-order valence-electron chi connectivity index (χ3n) is 3.51. The quantitative estimate of drug-likeness (QED) is 0.711. The lowest BCUT2D eigenvalue weighted by molar-refractivity contribution is 0.300. The molecule has 3 nitrogen and oxygen atoms in total. The van der Waals surface area contributed by atoms with Crippen LogP contribution in [0.2, 0.25) is 0 Å². The Labute approximate surface area is 121 Å². The summed E-state index contributed by atoms with van der Waals surface area (Å²) in [6.07, 6.45) is 0. The molecule has 0 saturated carbocycles. The van der Waals surface area contributed by atoms with Gasteiger partial charge in [-0.15, -0.1) is 11.8 Å². The number of benzene rings is 2. The van der Waals surface area contributed by atoms with Gasteiger partial charge in [-0.2, -0.15) is 0 Å². The van der Waals surface area contributed by atoms with Crippen LogP contribution in [0.3, 0.4) is 0 Å². The van der Waals surface area contributed by atoms with Crippen molar-refractivity contribution in [3.63, 3.8) is 0 Å². The maximum absolute atomic E-state index is 4.98. The minimum atomic E-state index is 0.197. The molecular weight excluding hydrogens is 268 g/mol. The number of hydrogen-bond acceptors (Lipinski definition) is 4. The molecule has 0 aliphatic carbocycles. The summed E-state index contributed by atoms with van der Waals surface area (Å²) in [5, 5.41) is 8.64. The minimum Gasteiger partial charge on any atom is -0.244 e. The van der Waals surface area contributed by atoms with Crippen LogP contribution in [0.4, 0.5) is 0 Å². The topological polar surface area (TPSA) is 38.9 Å². The molecule has 4 rings (SSSR count). The SMILES string of the molecule is c1ccc([C@H]2S[C@@H](c3ccccc3)c3nonc32)cc1. The maximum atomic E-state index is 4.98. The van der Waals surface area contributed by atoms with Gasteiger partial charge in [0.1, 0.15) is 11.4 Å². The fourth-order valence-electron chi connectivity index (χ4n) is 2.56. The first-order valence-corrected chi connectivity index (χ1v) is 7.45. The van der Waals surface area contributed by atoms with Crippen LogP contribution in [0.25, 0.3) is 0 Å². The molecule has 4 heteroatoms. The molecule has 1 aliphatic heterocycles. The van der Waals surface area contributed by atoms with Gasteiger partial charge in [0.15, 0.2) is 0 Å². The predicted octanol–water partition coefficient (Wildman–Crippen LogP) is 4.00. The summed E-state index contributed by atoms with van der Waals surface area (Å²) in [4.78, 5) is 0. The lowest BCUT2D eigenvalue weighted by Gasteiger charge is -2.12. The molecule has 3 aromatic rings. The fourth-order valence-corrected chi connectivity index (χ4v) is 4.05. The van der Waals surface area contributed by atoms with Crippen LogP contribution in [0.1, 0.15) is 33.0 Å². The van der Waals surface area contributed by atoms with Crippen molar-refractivity contribution in [2.75, 3.05) is 0 Å². The number of thioether (sulfide) groups is 1. The van der Waals surface area contributed by atoms with Crippen molar-refractivity contribution in [1.29, 1.82) is 0 Å². The summed E-state index contributed by atoms with van der Waals surface area (Å²) in [6.45, 7) is 0. The first-order valence-electron chi connectivity index (χ1n) is 6.51. The van der Waals surface area contributed by atoms with E-state index in [9.17, 15) is 0 Å². The largest absolute Gasteiger partial charge is 0.244 e. The van der Waals surface area contributed by atoms with Crippen molar-refractivity contribution >= 4 is 11.8 Å². The molecule has 20 heavy (non-hydrogen) atoms. The molecule has 0 radical (unpaired) electrons. The monoisotopic (exact) mass is 280 g/mol. The average Bonchev–Trinajstić information content (AvgIpc) is 3.11. The van der Waals surface area contributed by atoms with E-state index in [4.69, 9.17) is 4.63 Å². The van der Waals surface area contributed by atoms with E-state index in [1.807, 2.05) is 23.9 Å². The predicted molar refractivity (Wildman–Crippen MR) is 78.5 cm³/mol. The van der Waals surface area contributed by atoms with Gasteiger partial charge in [-0.25, -0.2) is 4.63 Å². The fraction of sp³-hybridized carbons (Fsp3) is 0.125. The first-order chi connectivity index (χ1) is 9.93. The molecule has 0 unspecified atom stereocenters. The van der Waals surface area contributed by atoms with E-state index in [2.05, 4.69) is 58.8 Å². The van der Waals surface area contributed by atoms with E-state index in [-0.39, 0.29) is 10.5 Å². The summed E-state index contributed by atoms with van der Waals surface area (Å²) < 4.78 is 4.98. The third-order valence-corrected chi connectivity index (χ3v) is 5.05. The van der Waals surface area contributed by atoms with Crippen molar-refractivity contribution in [1.82, 2.24) is 10.3 Å². The Bertz CT molecular complexity index is 652. The van der Waals surface area contributed by atoms with E-state index in [0.717, 1.165) is 11.4 Å². The average molecular weight is 280 g/mol. The van der Waals surface area contributed by atoms with E-state index >= 15 is 0 Å². The molecule has 0 N–H and O–H groups in total. The van der Waals surface area contributed by atoms with Gasteiger partial charge < -0.3 is 0 Å². The Morgan fingerprint density at radius 1 is 0.700 bits per heavy atom. The molecule has 0 amide bonds. The molecule has 0 saturated heterocycles. The van der Waals surface area contributed by atoms with Crippen molar-refractivity contribution < 1.29 is 4.63 Å². The highest BCUT2D eigenvalue weighted by molar-refractivity contribution is 8.00. The molecule has 2 aromatic carbocycles. The molecule has 0 bridgehead atoms. The zero-order valence-electron chi connectivity index (χ0n) is 10.6. The van der Waals surface area contributed by atoms with Crippen LogP contribution < -0.4 is 0 Å². The molecule has 2 atom stereocenters. The summed E-state index contributed by atoms with van der Waals surface area (Å²) in [7, 11) is 0. The molecule has 98 valence electrons. The number of fused-ring (bicyclic) bond motifs is 1. The Kier molecular flexibility index (Phi) is 2.81. The van der Waals surface area contributed by atoms with Gasteiger partial charge in [-0.05, 0) is 11.1 Å². The third kappa shape index (κ3) is 1.84. The van der Waals surface area contributed by atoms with E-state index in [1.165, 1.54) is 11.1 Å². The molecule has 0 spiro atoms. The van der Waals surface area contributed by atoms with Crippen molar-refractivity contribution in [3.8, 4) is 0 Å². The van der Waals surface area contributed by atoms with Gasteiger partial charge >= 0.3 is 0 Å². The van der Waals surface area contributed by atoms with Crippen molar-refractivity contribution in [2.45, 2.75) is 10.5 Å². The van der Waals surface area contributed by atoms with Gasteiger partial charge in [-0.1, -0.05) is 71.0 Å². The Balaban J connectivity index is 1.77. The maximum Gasteiger partial charge on any atom is 0.127 e. The lowest BCUT2D eigenvalue weighted by Crippen LogP contribution is -1.92. The number of hydrogen-bond donors (Lipinski definition) is 0. The summed E-state index contributed by atoms with van der Waals surface area (Å²) >= 11 is 1.87. The van der Waals surface area contributed by atoms with Gasteiger partial charge in [0.05, 0.1) is 10.5 Å². The van der Waals surface area contributed by atoms with Crippen LogP contribution in [-0.2, 0) is 0 Å². The molecule has 1 aromatic heterocycles. The zero-order valence-corrected chi connectivity index (χ0v) is 11.5.